The third-order valence-electron chi connectivity index (χ3n) is 6.51. The van der Waals surface area contributed by atoms with Crippen molar-refractivity contribution in [3.8, 4) is 0 Å². The van der Waals surface area contributed by atoms with Crippen molar-refractivity contribution in [2.45, 2.75) is 70.1 Å². The molecule has 3 aliphatic rings. The quantitative estimate of drug-likeness (QED) is 0.711. The zero-order valence-electron chi connectivity index (χ0n) is 16.6. The fourth-order valence-corrected chi connectivity index (χ4v) is 4.83. The Labute approximate surface area is 169 Å². The molecule has 3 heterocycles. The first-order chi connectivity index (χ1) is 14.1. The summed E-state index contributed by atoms with van der Waals surface area (Å²) >= 11 is 0. The van der Waals surface area contributed by atoms with Crippen LogP contribution in [0.3, 0.4) is 0 Å². The van der Waals surface area contributed by atoms with Gasteiger partial charge in [-0.05, 0) is 38.7 Å². The Morgan fingerprint density at radius 2 is 2.14 bits per heavy atom. The zero-order valence-corrected chi connectivity index (χ0v) is 16.6. The number of pyridine rings is 1. The third-order valence-corrected chi connectivity index (χ3v) is 6.51. The molecule has 0 aromatic carbocycles. The van der Waals surface area contributed by atoms with E-state index in [-0.39, 0.29) is 5.92 Å². The van der Waals surface area contributed by atoms with Crippen molar-refractivity contribution in [2.24, 2.45) is 5.92 Å². The van der Waals surface area contributed by atoms with Gasteiger partial charge in [0.1, 0.15) is 5.60 Å². The molecule has 2 fully saturated rings. The smallest absolute Gasteiger partial charge is 0.306 e. The molecular weight excluding hydrogens is 370 g/mol. The maximum atomic E-state index is 11.2. The topological polar surface area (TPSA) is 101 Å². The monoisotopic (exact) mass is 397 g/mol. The second-order valence-electron chi connectivity index (χ2n) is 8.49. The summed E-state index contributed by atoms with van der Waals surface area (Å²) in [5.41, 5.74) is 6.24. The molecule has 2 aliphatic carbocycles. The van der Waals surface area contributed by atoms with Gasteiger partial charge >= 0.3 is 5.97 Å². The highest BCUT2D eigenvalue weighted by molar-refractivity contribution is 5.96. The Bertz CT molecular complexity index is 970. The number of hydroxylamine groups is 1. The zero-order chi connectivity index (χ0) is 20.0. The molecule has 0 saturated heterocycles. The Hall–Kier alpha value is -2.61. The number of fused-ring (bicyclic) bond motifs is 1. The highest BCUT2D eigenvalue weighted by Gasteiger charge is 2.51. The molecule has 0 atom stereocenters. The molecule has 0 amide bonds. The number of aliphatic carboxylic acids is 1. The lowest BCUT2D eigenvalue weighted by atomic mass is 9.70. The minimum absolute atomic E-state index is 0.337. The summed E-state index contributed by atoms with van der Waals surface area (Å²) in [6.45, 7) is 2.83. The predicted octanol–water partition coefficient (Wildman–Crippen LogP) is 3.30. The molecule has 8 heteroatoms. The van der Waals surface area contributed by atoms with Crippen LogP contribution < -0.4 is 10.8 Å². The van der Waals surface area contributed by atoms with E-state index in [1.165, 1.54) is 32.1 Å². The molecule has 1 spiro atoms. The first-order valence-electron chi connectivity index (χ1n) is 10.6. The summed E-state index contributed by atoms with van der Waals surface area (Å²) in [5.74, 6) is -1.09. The maximum Gasteiger partial charge on any atom is 0.306 e. The molecule has 1 aliphatic heterocycles. The molecule has 154 valence electrons. The number of nitrogens with zero attached hydrogens (tertiary/aromatic N) is 3. The SMILES string of the molecule is CCn1ncc2c(NC3CCCCC3)c(C3=CC4(CC(C(=O)O)C4)ON3)cnc21. The van der Waals surface area contributed by atoms with Crippen molar-refractivity contribution >= 4 is 28.4 Å². The van der Waals surface area contributed by atoms with Gasteiger partial charge in [-0.2, -0.15) is 5.10 Å². The number of aryl methyl sites for hydroxylation is 1. The second-order valence-corrected chi connectivity index (χ2v) is 8.49. The molecule has 0 radical (unpaired) electrons. The highest BCUT2D eigenvalue weighted by atomic mass is 16.7. The number of anilines is 1. The minimum Gasteiger partial charge on any atom is -0.481 e. The Morgan fingerprint density at radius 3 is 2.86 bits per heavy atom. The molecule has 0 unspecified atom stereocenters. The van der Waals surface area contributed by atoms with Crippen LogP contribution in [0, 0.1) is 5.92 Å². The van der Waals surface area contributed by atoms with Crippen LogP contribution in [0.1, 0.15) is 57.4 Å². The molecule has 8 nitrogen and oxygen atoms in total. The van der Waals surface area contributed by atoms with Gasteiger partial charge in [-0.25, -0.2) is 9.67 Å². The summed E-state index contributed by atoms with van der Waals surface area (Å²) < 4.78 is 1.91. The highest BCUT2D eigenvalue weighted by Crippen LogP contribution is 2.47. The molecule has 5 rings (SSSR count). The van der Waals surface area contributed by atoms with E-state index in [9.17, 15) is 9.90 Å². The molecule has 29 heavy (non-hydrogen) atoms. The van der Waals surface area contributed by atoms with Crippen LogP contribution in [0.5, 0.6) is 0 Å². The molecule has 0 bridgehead atoms. The lowest BCUT2D eigenvalue weighted by molar-refractivity contribution is -0.162. The average Bonchev–Trinajstić information content (AvgIpc) is 3.32. The van der Waals surface area contributed by atoms with Crippen LogP contribution in [0.25, 0.3) is 16.7 Å². The molecule has 2 aromatic heterocycles. The van der Waals surface area contributed by atoms with Crippen molar-refractivity contribution in [1.29, 1.82) is 0 Å². The number of carbonyl (C=O) groups is 1. The molecule has 2 saturated carbocycles. The van der Waals surface area contributed by atoms with Gasteiger partial charge in [0.15, 0.2) is 5.65 Å². The number of carboxylic acid groups (broad SMARTS) is 1. The van der Waals surface area contributed by atoms with Crippen LogP contribution in [0.15, 0.2) is 18.5 Å². The number of hydrogen-bond donors (Lipinski definition) is 3. The largest absolute Gasteiger partial charge is 0.481 e. The van der Waals surface area contributed by atoms with Crippen molar-refractivity contribution in [1.82, 2.24) is 20.2 Å². The van der Waals surface area contributed by atoms with Crippen LogP contribution in [-0.2, 0) is 16.2 Å². The van der Waals surface area contributed by atoms with Gasteiger partial charge in [-0.1, -0.05) is 19.3 Å². The maximum absolute atomic E-state index is 11.2. The van der Waals surface area contributed by atoms with Crippen molar-refractivity contribution in [2.75, 3.05) is 5.32 Å². The van der Waals surface area contributed by atoms with E-state index in [1.54, 1.807) is 0 Å². The van der Waals surface area contributed by atoms with Crippen molar-refractivity contribution < 1.29 is 14.7 Å². The lowest BCUT2D eigenvalue weighted by Gasteiger charge is -2.39. The fourth-order valence-electron chi connectivity index (χ4n) is 4.83. The summed E-state index contributed by atoms with van der Waals surface area (Å²) in [6.07, 6.45) is 12.9. The normalized spacial score (nSPS) is 26.9. The molecular formula is C21H27N5O3. The Kier molecular flexibility index (Phi) is 4.46. The minimum atomic E-state index is -0.754. The first kappa shape index (κ1) is 18.4. The molecule has 3 N–H and O–H groups in total. The number of hydrogen-bond acceptors (Lipinski definition) is 6. The van der Waals surface area contributed by atoms with Crippen molar-refractivity contribution in [3.05, 3.63) is 24.0 Å². The van der Waals surface area contributed by atoms with Gasteiger partial charge < -0.3 is 10.4 Å². The van der Waals surface area contributed by atoms with Gasteiger partial charge in [0.25, 0.3) is 0 Å². The van der Waals surface area contributed by atoms with Crippen LogP contribution in [0.2, 0.25) is 0 Å². The fraction of sp³-hybridized carbons (Fsp3) is 0.571. The number of carboxylic acids is 1. The number of nitrogens with one attached hydrogen (secondary N) is 2. The van der Waals surface area contributed by atoms with Crippen LogP contribution in [-0.4, -0.2) is 37.5 Å². The second kappa shape index (κ2) is 7.02. The van der Waals surface area contributed by atoms with Crippen LogP contribution >= 0.6 is 0 Å². The molecule has 2 aromatic rings. The van der Waals surface area contributed by atoms with E-state index in [1.807, 2.05) is 23.2 Å². The summed E-state index contributed by atoms with van der Waals surface area (Å²) in [5, 5.41) is 18.5. The first-order valence-corrected chi connectivity index (χ1v) is 10.6. The van der Waals surface area contributed by atoms with Crippen molar-refractivity contribution in [3.63, 3.8) is 0 Å². The van der Waals surface area contributed by atoms with E-state index in [4.69, 9.17) is 4.84 Å². The van der Waals surface area contributed by atoms with E-state index >= 15 is 0 Å². The summed E-state index contributed by atoms with van der Waals surface area (Å²) in [4.78, 5) is 21.7. The summed E-state index contributed by atoms with van der Waals surface area (Å²) in [6, 6.07) is 0.440. The van der Waals surface area contributed by atoms with Gasteiger partial charge in [0.2, 0.25) is 0 Å². The Morgan fingerprint density at radius 1 is 1.34 bits per heavy atom. The van der Waals surface area contributed by atoms with E-state index in [0.717, 1.165) is 34.5 Å². The summed E-state index contributed by atoms with van der Waals surface area (Å²) in [7, 11) is 0. The lowest BCUT2D eigenvalue weighted by Crippen LogP contribution is -2.46. The van der Waals surface area contributed by atoms with Gasteiger partial charge in [0.05, 0.1) is 28.9 Å². The van der Waals surface area contributed by atoms with E-state index in [2.05, 4.69) is 27.8 Å². The van der Waals surface area contributed by atoms with E-state index < -0.39 is 11.6 Å². The van der Waals surface area contributed by atoms with Gasteiger partial charge in [0, 0.05) is 24.3 Å². The Balaban J connectivity index is 1.51. The van der Waals surface area contributed by atoms with Gasteiger partial charge in [-0.3, -0.25) is 15.1 Å². The predicted molar refractivity (Wildman–Crippen MR) is 109 cm³/mol. The third kappa shape index (κ3) is 3.15. The average molecular weight is 397 g/mol. The van der Waals surface area contributed by atoms with Gasteiger partial charge in [-0.15, -0.1) is 0 Å². The number of rotatable bonds is 5. The standard InChI is InChI=1S/C21H27N5O3/c1-2-26-19-16(12-23-26)18(24-14-6-4-3-5-7-14)15(11-22-19)17-10-21(29-25-17)8-13(9-21)20(27)28/h10-14,25H,2-9H2,1H3,(H,22,24)(H,27,28). The number of aromatic nitrogens is 3. The van der Waals surface area contributed by atoms with E-state index in [0.29, 0.717) is 18.9 Å². The van der Waals surface area contributed by atoms with Crippen LogP contribution in [0.4, 0.5) is 5.69 Å².